The third-order valence-electron chi connectivity index (χ3n) is 4.69. The topological polar surface area (TPSA) is 119 Å². The summed E-state index contributed by atoms with van der Waals surface area (Å²) in [5.41, 5.74) is 1.08. The third-order valence-corrected chi connectivity index (χ3v) is 4.69. The SMILES string of the molecule is COC(=O)C[C@@H](c1ccc(-c2ccc(C(=O)OC)cc2)o1)c1c(O)cc(C)[nH]c1=O. The van der Waals surface area contributed by atoms with Crippen molar-refractivity contribution in [2.75, 3.05) is 14.2 Å². The number of hydrogen-bond acceptors (Lipinski definition) is 7. The number of esters is 2. The minimum Gasteiger partial charge on any atom is -0.507 e. The van der Waals surface area contributed by atoms with Crippen LogP contribution in [0.4, 0.5) is 0 Å². The van der Waals surface area contributed by atoms with Gasteiger partial charge in [-0.2, -0.15) is 0 Å². The number of aromatic amines is 1. The van der Waals surface area contributed by atoms with Gasteiger partial charge < -0.3 is 24.0 Å². The van der Waals surface area contributed by atoms with Crippen molar-refractivity contribution in [2.45, 2.75) is 19.3 Å². The summed E-state index contributed by atoms with van der Waals surface area (Å²) in [5.74, 6) is -1.29. The van der Waals surface area contributed by atoms with Crippen molar-refractivity contribution in [3.63, 3.8) is 0 Å². The Labute approximate surface area is 172 Å². The molecule has 3 rings (SSSR count). The van der Waals surface area contributed by atoms with Crippen LogP contribution in [0.2, 0.25) is 0 Å². The van der Waals surface area contributed by atoms with Crippen molar-refractivity contribution >= 4 is 11.9 Å². The minimum absolute atomic E-state index is 0.0212. The van der Waals surface area contributed by atoms with Gasteiger partial charge in [0.2, 0.25) is 0 Å². The first-order valence-corrected chi connectivity index (χ1v) is 9.12. The van der Waals surface area contributed by atoms with Gasteiger partial charge in [-0.15, -0.1) is 0 Å². The molecule has 156 valence electrons. The lowest BCUT2D eigenvalue weighted by Gasteiger charge is -2.15. The van der Waals surface area contributed by atoms with Gasteiger partial charge in [-0.25, -0.2) is 4.79 Å². The molecular formula is C22H21NO7. The standard InChI is InChI=1S/C22H21NO7/c1-12-10-16(24)20(21(26)23-12)15(11-19(25)28-2)18-9-8-17(30-18)13-4-6-14(7-5-13)22(27)29-3/h4-10,15H,11H2,1-3H3,(H2,23,24,26)/t15-/m0/s1. The van der Waals surface area contributed by atoms with E-state index in [1.807, 2.05) is 0 Å². The average molecular weight is 411 g/mol. The number of aromatic nitrogens is 1. The Bertz CT molecular complexity index is 1130. The van der Waals surface area contributed by atoms with E-state index in [0.29, 0.717) is 28.3 Å². The maximum atomic E-state index is 12.5. The number of hydrogen-bond donors (Lipinski definition) is 2. The lowest BCUT2D eigenvalue weighted by atomic mass is 9.93. The lowest BCUT2D eigenvalue weighted by molar-refractivity contribution is -0.140. The summed E-state index contributed by atoms with van der Waals surface area (Å²) in [5, 5.41) is 10.4. The average Bonchev–Trinajstić information content (AvgIpc) is 3.21. The maximum Gasteiger partial charge on any atom is 0.337 e. The van der Waals surface area contributed by atoms with Gasteiger partial charge in [-0.1, -0.05) is 12.1 Å². The molecule has 8 heteroatoms. The molecule has 3 aromatic rings. The van der Waals surface area contributed by atoms with Crippen LogP contribution in [0.15, 0.2) is 51.7 Å². The largest absolute Gasteiger partial charge is 0.507 e. The molecule has 0 bridgehead atoms. The fraction of sp³-hybridized carbons (Fsp3) is 0.227. The number of furan rings is 1. The summed E-state index contributed by atoms with van der Waals surface area (Å²) in [6.45, 7) is 1.64. The van der Waals surface area contributed by atoms with Crippen molar-refractivity contribution < 1.29 is 28.6 Å². The Kier molecular flexibility index (Phi) is 6.06. The van der Waals surface area contributed by atoms with Crippen LogP contribution in [0.3, 0.4) is 0 Å². The number of aryl methyl sites for hydroxylation is 1. The predicted molar refractivity (Wildman–Crippen MR) is 107 cm³/mol. The Morgan fingerprint density at radius 2 is 1.80 bits per heavy atom. The fourth-order valence-corrected chi connectivity index (χ4v) is 3.20. The van der Waals surface area contributed by atoms with Crippen LogP contribution in [-0.2, 0) is 14.3 Å². The van der Waals surface area contributed by atoms with Crippen molar-refractivity contribution in [2.24, 2.45) is 0 Å². The Morgan fingerprint density at radius 3 is 2.40 bits per heavy atom. The van der Waals surface area contributed by atoms with E-state index in [1.165, 1.54) is 20.3 Å². The summed E-state index contributed by atoms with van der Waals surface area (Å²) >= 11 is 0. The number of ether oxygens (including phenoxy) is 2. The molecule has 0 aliphatic carbocycles. The number of carbonyl (C=O) groups excluding carboxylic acids is 2. The van der Waals surface area contributed by atoms with E-state index in [0.717, 1.165) is 0 Å². The van der Waals surface area contributed by atoms with Crippen LogP contribution in [0.1, 0.15) is 39.7 Å². The van der Waals surface area contributed by atoms with Crippen LogP contribution >= 0.6 is 0 Å². The zero-order valence-corrected chi connectivity index (χ0v) is 16.7. The normalized spacial score (nSPS) is 11.7. The van der Waals surface area contributed by atoms with E-state index in [1.54, 1.807) is 43.3 Å². The molecule has 0 aliphatic heterocycles. The van der Waals surface area contributed by atoms with Crippen LogP contribution in [0.5, 0.6) is 5.75 Å². The molecule has 0 radical (unpaired) electrons. The second-order valence-electron chi connectivity index (χ2n) is 6.68. The van der Waals surface area contributed by atoms with E-state index < -0.39 is 23.4 Å². The molecule has 8 nitrogen and oxygen atoms in total. The predicted octanol–water partition coefficient (Wildman–Crippen LogP) is 3.13. The molecule has 1 atom stereocenters. The quantitative estimate of drug-likeness (QED) is 0.598. The zero-order chi connectivity index (χ0) is 21.8. The van der Waals surface area contributed by atoms with Crippen molar-refractivity contribution in [1.82, 2.24) is 4.98 Å². The second kappa shape index (κ2) is 8.69. The first kappa shape index (κ1) is 20.9. The molecule has 0 unspecified atom stereocenters. The highest BCUT2D eigenvalue weighted by Gasteiger charge is 2.28. The van der Waals surface area contributed by atoms with Crippen LogP contribution in [-0.4, -0.2) is 36.2 Å². The smallest absolute Gasteiger partial charge is 0.337 e. The number of nitrogens with one attached hydrogen (secondary N) is 1. The highest BCUT2D eigenvalue weighted by molar-refractivity contribution is 5.89. The van der Waals surface area contributed by atoms with Gasteiger partial charge in [-0.3, -0.25) is 9.59 Å². The Balaban J connectivity index is 2.00. The fourth-order valence-electron chi connectivity index (χ4n) is 3.20. The Morgan fingerprint density at radius 1 is 1.10 bits per heavy atom. The third kappa shape index (κ3) is 4.27. The summed E-state index contributed by atoms with van der Waals surface area (Å²) in [4.78, 5) is 38.7. The van der Waals surface area contributed by atoms with Gasteiger partial charge >= 0.3 is 11.9 Å². The molecule has 0 spiro atoms. The van der Waals surface area contributed by atoms with E-state index in [-0.39, 0.29) is 17.7 Å². The summed E-state index contributed by atoms with van der Waals surface area (Å²) in [6.07, 6.45) is -0.190. The van der Waals surface area contributed by atoms with Crippen molar-refractivity contribution in [1.29, 1.82) is 0 Å². The van der Waals surface area contributed by atoms with Crippen molar-refractivity contribution in [3.8, 4) is 17.1 Å². The lowest BCUT2D eigenvalue weighted by Crippen LogP contribution is -2.20. The number of aromatic hydroxyl groups is 1. The molecule has 0 aliphatic rings. The van der Waals surface area contributed by atoms with Crippen molar-refractivity contribution in [3.05, 3.63) is 75.4 Å². The number of methoxy groups -OCH3 is 2. The zero-order valence-electron chi connectivity index (χ0n) is 16.7. The Hall–Kier alpha value is -3.81. The maximum absolute atomic E-state index is 12.5. The van der Waals surface area contributed by atoms with Crippen LogP contribution in [0.25, 0.3) is 11.3 Å². The van der Waals surface area contributed by atoms with E-state index in [9.17, 15) is 19.5 Å². The van der Waals surface area contributed by atoms with Gasteiger partial charge in [0, 0.05) is 11.3 Å². The number of H-pyrrole nitrogens is 1. The first-order valence-electron chi connectivity index (χ1n) is 9.12. The number of pyridine rings is 1. The van der Waals surface area contributed by atoms with Gasteiger partial charge in [-0.05, 0) is 37.3 Å². The number of benzene rings is 1. The second-order valence-corrected chi connectivity index (χ2v) is 6.68. The molecule has 2 aromatic heterocycles. The van der Waals surface area contributed by atoms with E-state index in [2.05, 4.69) is 9.72 Å². The highest BCUT2D eigenvalue weighted by Crippen LogP contribution is 2.35. The monoisotopic (exact) mass is 411 g/mol. The molecular weight excluding hydrogens is 390 g/mol. The summed E-state index contributed by atoms with van der Waals surface area (Å²) in [6, 6.07) is 11.3. The van der Waals surface area contributed by atoms with Gasteiger partial charge in [0.25, 0.3) is 5.56 Å². The van der Waals surface area contributed by atoms with E-state index >= 15 is 0 Å². The summed E-state index contributed by atoms with van der Waals surface area (Å²) < 4.78 is 15.3. The minimum atomic E-state index is -0.843. The molecule has 0 amide bonds. The van der Waals surface area contributed by atoms with E-state index in [4.69, 9.17) is 9.15 Å². The number of carbonyl (C=O) groups is 2. The molecule has 30 heavy (non-hydrogen) atoms. The summed E-state index contributed by atoms with van der Waals surface area (Å²) in [7, 11) is 2.55. The van der Waals surface area contributed by atoms with Crippen LogP contribution in [0, 0.1) is 6.92 Å². The molecule has 0 saturated carbocycles. The molecule has 0 saturated heterocycles. The molecule has 2 heterocycles. The highest BCUT2D eigenvalue weighted by atomic mass is 16.5. The van der Waals surface area contributed by atoms with Crippen LogP contribution < -0.4 is 5.56 Å². The first-order chi connectivity index (χ1) is 14.3. The van der Waals surface area contributed by atoms with Gasteiger partial charge in [0.15, 0.2) is 0 Å². The number of rotatable bonds is 6. The molecule has 0 fully saturated rings. The molecule has 1 aromatic carbocycles. The van der Waals surface area contributed by atoms with Gasteiger partial charge in [0.05, 0.1) is 37.7 Å². The molecule has 2 N–H and O–H groups in total. The van der Waals surface area contributed by atoms with Gasteiger partial charge in [0.1, 0.15) is 17.3 Å².